The van der Waals surface area contributed by atoms with Gasteiger partial charge in [-0.2, -0.15) is 0 Å². The van der Waals surface area contributed by atoms with Crippen molar-refractivity contribution in [3.05, 3.63) is 112 Å². The quantitative estimate of drug-likeness (QED) is 0.359. The fraction of sp³-hybridized carbons (Fsp3) is 0.103. The number of hydrogen-bond donors (Lipinski definition) is 1. The zero-order valence-corrected chi connectivity index (χ0v) is 19.8. The third kappa shape index (κ3) is 4.01. The van der Waals surface area contributed by atoms with E-state index in [-0.39, 0.29) is 23.5 Å². The summed E-state index contributed by atoms with van der Waals surface area (Å²) in [5.74, 6) is -1.12. The van der Waals surface area contributed by atoms with Crippen LogP contribution in [0.25, 0.3) is 33.3 Å². The predicted molar refractivity (Wildman–Crippen MR) is 138 cm³/mol. The first-order valence-electron chi connectivity index (χ1n) is 11.4. The van der Waals surface area contributed by atoms with Crippen molar-refractivity contribution in [1.82, 2.24) is 14.5 Å². The van der Waals surface area contributed by atoms with Crippen molar-refractivity contribution in [3.8, 4) is 28.1 Å². The van der Waals surface area contributed by atoms with Crippen molar-refractivity contribution in [2.75, 3.05) is 7.11 Å². The van der Waals surface area contributed by atoms with Crippen LogP contribution in [0.15, 0.2) is 89.9 Å². The van der Waals surface area contributed by atoms with Gasteiger partial charge in [-0.05, 0) is 36.2 Å². The molecule has 178 valence electrons. The van der Waals surface area contributed by atoms with Crippen molar-refractivity contribution < 1.29 is 14.6 Å². The minimum atomic E-state index is -0.778. The Morgan fingerprint density at radius 2 is 1.67 bits per heavy atom. The van der Waals surface area contributed by atoms with Crippen LogP contribution in [0.5, 0.6) is 5.75 Å². The molecule has 0 radical (unpaired) electrons. The lowest BCUT2D eigenvalue weighted by atomic mass is 10.00. The molecular weight excluding hydrogens is 454 g/mol. The van der Waals surface area contributed by atoms with E-state index in [1.54, 1.807) is 22.9 Å². The lowest BCUT2D eigenvalue weighted by molar-refractivity contribution is 0.0591. The van der Waals surface area contributed by atoms with Crippen LogP contribution in [0.1, 0.15) is 21.7 Å². The van der Waals surface area contributed by atoms with E-state index in [9.17, 15) is 14.7 Å². The van der Waals surface area contributed by atoms with Gasteiger partial charge in [-0.1, -0.05) is 60.7 Å². The number of methoxy groups -OCH3 is 1. The molecule has 3 heterocycles. The van der Waals surface area contributed by atoms with Crippen LogP contribution in [0.3, 0.4) is 0 Å². The maximum Gasteiger partial charge on any atom is 0.360 e. The minimum absolute atomic E-state index is 0.229. The van der Waals surface area contributed by atoms with Crippen molar-refractivity contribution in [3.63, 3.8) is 0 Å². The van der Waals surface area contributed by atoms with E-state index in [2.05, 4.69) is 9.97 Å². The molecule has 0 saturated carbocycles. The van der Waals surface area contributed by atoms with Gasteiger partial charge in [-0.25, -0.2) is 9.78 Å². The zero-order valence-electron chi connectivity index (χ0n) is 19.8. The summed E-state index contributed by atoms with van der Waals surface area (Å²) in [4.78, 5) is 35.5. The van der Waals surface area contributed by atoms with Gasteiger partial charge in [0.15, 0.2) is 11.4 Å². The molecule has 0 atom stereocenters. The largest absolute Gasteiger partial charge is 0.505 e. The molecule has 0 bridgehead atoms. The van der Waals surface area contributed by atoms with Gasteiger partial charge >= 0.3 is 5.97 Å². The molecular formula is C29H23N3O4. The maximum absolute atomic E-state index is 14.0. The summed E-state index contributed by atoms with van der Waals surface area (Å²) in [5.41, 5.74) is 3.59. The Labute approximate surface area is 207 Å². The van der Waals surface area contributed by atoms with Crippen LogP contribution in [-0.2, 0) is 11.3 Å². The Kier molecular flexibility index (Phi) is 6.04. The molecule has 0 unspecified atom stereocenters. The number of aromatic nitrogens is 3. The van der Waals surface area contributed by atoms with Crippen molar-refractivity contribution in [2.45, 2.75) is 13.5 Å². The normalized spacial score (nSPS) is 10.9. The number of benzene rings is 2. The molecule has 5 aromatic rings. The SMILES string of the molecule is COC(=O)c1nc(-c2cccnc2C)c2c(cc(-c3ccccc3)c(=O)n2Cc2ccccc2)c1O. The Bertz CT molecular complexity index is 1650. The first-order chi connectivity index (χ1) is 17.5. The van der Waals surface area contributed by atoms with Gasteiger partial charge in [0.05, 0.1) is 24.9 Å². The number of nitrogens with zero attached hydrogens (tertiary/aromatic N) is 3. The fourth-order valence-corrected chi connectivity index (χ4v) is 4.35. The summed E-state index contributed by atoms with van der Waals surface area (Å²) >= 11 is 0. The molecule has 0 fully saturated rings. The highest BCUT2D eigenvalue weighted by Gasteiger charge is 2.25. The summed E-state index contributed by atoms with van der Waals surface area (Å²) in [7, 11) is 1.23. The summed E-state index contributed by atoms with van der Waals surface area (Å²) in [6, 6.07) is 24.0. The average Bonchev–Trinajstić information content (AvgIpc) is 2.91. The second kappa shape index (κ2) is 9.46. The Morgan fingerprint density at radius 3 is 2.33 bits per heavy atom. The highest BCUT2D eigenvalue weighted by Crippen LogP contribution is 2.37. The number of pyridine rings is 3. The molecule has 0 amide bonds. The number of fused-ring (bicyclic) bond motifs is 1. The van der Waals surface area contributed by atoms with Crippen molar-refractivity contribution in [1.29, 1.82) is 0 Å². The van der Waals surface area contributed by atoms with Gasteiger partial charge in [0.25, 0.3) is 5.56 Å². The van der Waals surface area contributed by atoms with E-state index in [0.717, 1.165) is 5.56 Å². The van der Waals surface area contributed by atoms with Crippen LogP contribution in [0, 0.1) is 6.92 Å². The molecule has 0 aliphatic rings. The van der Waals surface area contributed by atoms with Crippen LogP contribution in [0.2, 0.25) is 0 Å². The molecule has 2 aromatic carbocycles. The van der Waals surface area contributed by atoms with Gasteiger partial charge in [-0.15, -0.1) is 0 Å². The summed E-state index contributed by atoms with van der Waals surface area (Å²) in [6.45, 7) is 2.06. The van der Waals surface area contributed by atoms with Crippen molar-refractivity contribution >= 4 is 16.9 Å². The Hall–Kier alpha value is -4.78. The van der Waals surface area contributed by atoms with Gasteiger partial charge in [0.1, 0.15) is 0 Å². The van der Waals surface area contributed by atoms with Gasteiger partial charge in [0.2, 0.25) is 0 Å². The molecule has 5 rings (SSSR count). The average molecular weight is 478 g/mol. The molecule has 1 N–H and O–H groups in total. The number of aryl methyl sites for hydroxylation is 1. The highest BCUT2D eigenvalue weighted by atomic mass is 16.5. The number of hydrogen-bond acceptors (Lipinski definition) is 6. The fourth-order valence-electron chi connectivity index (χ4n) is 4.35. The summed E-state index contributed by atoms with van der Waals surface area (Å²) in [5, 5.41) is 11.6. The lowest BCUT2D eigenvalue weighted by Gasteiger charge is -2.19. The smallest absolute Gasteiger partial charge is 0.360 e. The topological polar surface area (TPSA) is 94.3 Å². The molecule has 3 aromatic heterocycles. The van der Waals surface area contributed by atoms with E-state index in [4.69, 9.17) is 4.74 Å². The highest BCUT2D eigenvalue weighted by molar-refractivity contribution is 6.04. The van der Waals surface area contributed by atoms with E-state index in [1.807, 2.05) is 73.7 Å². The van der Waals surface area contributed by atoms with E-state index in [1.165, 1.54) is 7.11 Å². The first-order valence-corrected chi connectivity index (χ1v) is 11.4. The molecule has 0 spiro atoms. The van der Waals surface area contributed by atoms with Crippen LogP contribution >= 0.6 is 0 Å². The number of esters is 1. The van der Waals surface area contributed by atoms with Gasteiger partial charge < -0.3 is 14.4 Å². The standard InChI is InChI=1S/C29H23N3O4/c1-18-21(14-9-15-30-18)24-26-23(27(33)25(31-24)29(35)36-2)16-22(20-12-7-4-8-13-20)28(34)32(26)17-19-10-5-3-6-11-19/h3-16,33H,17H2,1-2H3. The van der Waals surface area contributed by atoms with Gasteiger partial charge in [-0.3, -0.25) is 9.78 Å². The van der Waals surface area contributed by atoms with E-state index < -0.39 is 5.97 Å². The monoisotopic (exact) mass is 477 g/mol. The summed E-state index contributed by atoms with van der Waals surface area (Å²) in [6.07, 6.45) is 1.66. The summed E-state index contributed by atoms with van der Waals surface area (Å²) < 4.78 is 6.51. The second-order valence-corrected chi connectivity index (χ2v) is 8.35. The molecule has 7 nitrogen and oxygen atoms in total. The van der Waals surface area contributed by atoms with Gasteiger partial charge in [0, 0.05) is 28.4 Å². The van der Waals surface area contributed by atoms with Crippen LogP contribution in [0.4, 0.5) is 0 Å². The Morgan fingerprint density at radius 1 is 0.972 bits per heavy atom. The zero-order chi connectivity index (χ0) is 25.2. The Balaban J connectivity index is 1.96. The lowest BCUT2D eigenvalue weighted by Crippen LogP contribution is -2.24. The molecule has 36 heavy (non-hydrogen) atoms. The van der Waals surface area contributed by atoms with E-state index in [0.29, 0.717) is 39.0 Å². The number of ether oxygens (including phenoxy) is 1. The van der Waals surface area contributed by atoms with Crippen molar-refractivity contribution in [2.24, 2.45) is 0 Å². The first kappa shape index (κ1) is 23.0. The number of rotatable bonds is 5. The maximum atomic E-state index is 14.0. The molecule has 0 aliphatic heterocycles. The van der Waals surface area contributed by atoms with Crippen LogP contribution in [-0.4, -0.2) is 32.7 Å². The molecule has 7 heteroatoms. The number of carbonyl (C=O) groups is 1. The number of aromatic hydroxyl groups is 1. The van der Waals surface area contributed by atoms with Crippen LogP contribution < -0.4 is 5.56 Å². The minimum Gasteiger partial charge on any atom is -0.505 e. The number of carbonyl (C=O) groups excluding carboxylic acids is 1. The third-order valence-electron chi connectivity index (χ3n) is 6.13. The predicted octanol–water partition coefficient (Wildman–Crippen LogP) is 4.97. The molecule has 0 saturated heterocycles. The molecule has 0 aliphatic carbocycles. The van der Waals surface area contributed by atoms with E-state index >= 15 is 0 Å². The second-order valence-electron chi connectivity index (χ2n) is 8.35. The third-order valence-corrected chi connectivity index (χ3v) is 6.13.